The molecule has 1 unspecified atom stereocenters. The zero-order valence-corrected chi connectivity index (χ0v) is 14.4. The molecule has 1 aromatic heterocycles. The van der Waals surface area contributed by atoms with E-state index >= 15 is 0 Å². The van der Waals surface area contributed by atoms with Gasteiger partial charge in [-0.15, -0.1) is 0 Å². The number of carbonyl (C=O) groups is 2. The highest BCUT2D eigenvalue weighted by atomic mass is 16.5. The monoisotopic (exact) mass is 339 g/mol. The third-order valence-electron chi connectivity index (χ3n) is 4.47. The van der Waals surface area contributed by atoms with Gasteiger partial charge < -0.3 is 14.5 Å². The lowest BCUT2D eigenvalue weighted by Crippen LogP contribution is -2.52. The van der Waals surface area contributed by atoms with E-state index in [1.54, 1.807) is 48.2 Å². The second-order valence-corrected chi connectivity index (χ2v) is 5.97. The number of nitrogens with zero attached hydrogens (tertiary/aromatic N) is 3. The van der Waals surface area contributed by atoms with Crippen LogP contribution in [0.1, 0.15) is 29.0 Å². The zero-order chi connectivity index (χ0) is 17.8. The number of methoxy groups -OCH3 is 1. The van der Waals surface area contributed by atoms with Crippen molar-refractivity contribution in [3.8, 4) is 5.75 Å². The molecule has 0 N–H and O–H groups in total. The third-order valence-corrected chi connectivity index (χ3v) is 4.47. The number of ether oxygens (including phenoxy) is 1. The Labute approximate surface area is 147 Å². The lowest BCUT2D eigenvalue weighted by atomic mass is 10.0. The van der Waals surface area contributed by atoms with Gasteiger partial charge in [-0.3, -0.25) is 14.6 Å². The summed E-state index contributed by atoms with van der Waals surface area (Å²) in [4.78, 5) is 32.5. The fourth-order valence-corrected chi connectivity index (χ4v) is 3.06. The minimum Gasteiger partial charge on any atom is -0.497 e. The summed E-state index contributed by atoms with van der Waals surface area (Å²) in [5.41, 5.74) is 1.38. The van der Waals surface area contributed by atoms with Gasteiger partial charge >= 0.3 is 0 Å². The Morgan fingerprint density at radius 1 is 1.12 bits per heavy atom. The molecule has 25 heavy (non-hydrogen) atoms. The lowest BCUT2D eigenvalue weighted by molar-refractivity contribution is -0.131. The van der Waals surface area contributed by atoms with Gasteiger partial charge in [0.15, 0.2) is 0 Å². The van der Waals surface area contributed by atoms with Gasteiger partial charge in [0, 0.05) is 32.8 Å². The van der Waals surface area contributed by atoms with Crippen LogP contribution in [0.15, 0.2) is 48.7 Å². The molecule has 0 aliphatic carbocycles. The highest BCUT2D eigenvalue weighted by Gasteiger charge is 2.33. The van der Waals surface area contributed by atoms with Gasteiger partial charge in [0.2, 0.25) is 5.91 Å². The fourth-order valence-electron chi connectivity index (χ4n) is 3.06. The Hall–Kier alpha value is -2.89. The Bertz CT molecular complexity index is 746. The summed E-state index contributed by atoms with van der Waals surface area (Å²) in [5, 5.41) is 0. The molecule has 1 aliphatic heterocycles. The van der Waals surface area contributed by atoms with Gasteiger partial charge in [-0.1, -0.05) is 18.2 Å². The summed E-state index contributed by atoms with van der Waals surface area (Å²) in [6.45, 7) is 3.04. The van der Waals surface area contributed by atoms with Crippen LogP contribution in [0, 0.1) is 0 Å². The topological polar surface area (TPSA) is 62.7 Å². The van der Waals surface area contributed by atoms with Crippen molar-refractivity contribution in [1.82, 2.24) is 14.8 Å². The van der Waals surface area contributed by atoms with E-state index in [-0.39, 0.29) is 17.9 Å². The lowest BCUT2D eigenvalue weighted by Gasteiger charge is -2.41. The normalized spacial score (nSPS) is 17.3. The molecule has 1 atom stereocenters. The minimum absolute atomic E-state index is 0.0171. The van der Waals surface area contributed by atoms with Crippen molar-refractivity contribution < 1.29 is 14.3 Å². The number of hydrogen-bond acceptors (Lipinski definition) is 4. The first-order chi connectivity index (χ1) is 12.1. The van der Waals surface area contributed by atoms with Crippen molar-refractivity contribution >= 4 is 11.8 Å². The van der Waals surface area contributed by atoms with Crippen LogP contribution in [0.3, 0.4) is 0 Å². The van der Waals surface area contributed by atoms with Crippen LogP contribution in [0.5, 0.6) is 5.75 Å². The maximum absolute atomic E-state index is 12.9. The molecule has 0 saturated carbocycles. The molecule has 1 aliphatic rings. The highest BCUT2D eigenvalue weighted by molar-refractivity contribution is 5.92. The van der Waals surface area contributed by atoms with Crippen LogP contribution in [-0.4, -0.2) is 53.3 Å². The summed E-state index contributed by atoms with van der Waals surface area (Å²) in [5.74, 6) is 0.652. The molecule has 6 nitrogen and oxygen atoms in total. The van der Waals surface area contributed by atoms with Gasteiger partial charge in [0.25, 0.3) is 5.91 Å². The summed E-state index contributed by atoms with van der Waals surface area (Å²) >= 11 is 0. The maximum Gasteiger partial charge on any atom is 0.273 e. The molecule has 2 aromatic rings. The van der Waals surface area contributed by atoms with Crippen LogP contribution >= 0.6 is 0 Å². The first kappa shape index (κ1) is 17.0. The van der Waals surface area contributed by atoms with E-state index in [1.807, 2.05) is 24.3 Å². The van der Waals surface area contributed by atoms with Crippen molar-refractivity contribution in [3.05, 3.63) is 59.9 Å². The van der Waals surface area contributed by atoms with Gasteiger partial charge in [-0.25, -0.2) is 0 Å². The van der Waals surface area contributed by atoms with Crippen molar-refractivity contribution in [2.75, 3.05) is 26.7 Å². The van der Waals surface area contributed by atoms with Crippen LogP contribution in [-0.2, 0) is 4.79 Å². The zero-order valence-electron chi connectivity index (χ0n) is 14.4. The Balaban J connectivity index is 1.91. The smallest absolute Gasteiger partial charge is 0.273 e. The Morgan fingerprint density at radius 2 is 1.88 bits per heavy atom. The second-order valence-electron chi connectivity index (χ2n) is 5.97. The number of pyridine rings is 1. The number of hydrogen-bond donors (Lipinski definition) is 0. The van der Waals surface area contributed by atoms with E-state index in [0.29, 0.717) is 25.3 Å². The molecule has 1 aromatic carbocycles. The van der Waals surface area contributed by atoms with Crippen LogP contribution in [0.4, 0.5) is 0 Å². The molecule has 2 amide bonds. The number of amides is 2. The van der Waals surface area contributed by atoms with Gasteiger partial charge in [-0.05, 0) is 29.8 Å². The molecule has 0 bridgehead atoms. The fraction of sp³-hybridized carbons (Fsp3) is 0.316. The molecule has 6 heteroatoms. The van der Waals surface area contributed by atoms with Crippen molar-refractivity contribution in [1.29, 1.82) is 0 Å². The van der Waals surface area contributed by atoms with E-state index in [4.69, 9.17) is 4.74 Å². The van der Waals surface area contributed by atoms with E-state index in [9.17, 15) is 9.59 Å². The first-order valence-corrected chi connectivity index (χ1v) is 8.21. The molecular weight excluding hydrogens is 318 g/mol. The number of rotatable bonds is 3. The Kier molecular flexibility index (Phi) is 4.97. The predicted octanol–water partition coefficient (Wildman–Crippen LogP) is 2.14. The average Bonchev–Trinajstić information content (AvgIpc) is 2.67. The van der Waals surface area contributed by atoms with Crippen molar-refractivity contribution in [3.63, 3.8) is 0 Å². The molecule has 1 saturated heterocycles. The van der Waals surface area contributed by atoms with Crippen molar-refractivity contribution in [2.24, 2.45) is 0 Å². The SMILES string of the molecule is COc1ccc(C2CN(C(C)=O)CCN2C(=O)c2ccccn2)cc1. The number of aromatic nitrogens is 1. The second kappa shape index (κ2) is 7.34. The molecule has 3 rings (SSSR count). The predicted molar refractivity (Wildman–Crippen MR) is 93.3 cm³/mol. The Morgan fingerprint density at radius 3 is 2.48 bits per heavy atom. The van der Waals surface area contributed by atoms with E-state index < -0.39 is 0 Å². The summed E-state index contributed by atoms with van der Waals surface area (Å²) in [7, 11) is 1.62. The first-order valence-electron chi connectivity index (χ1n) is 8.21. The molecule has 0 radical (unpaired) electrons. The average molecular weight is 339 g/mol. The number of piperazine rings is 1. The van der Waals surface area contributed by atoms with Crippen LogP contribution in [0.2, 0.25) is 0 Å². The highest BCUT2D eigenvalue weighted by Crippen LogP contribution is 2.28. The minimum atomic E-state index is -0.210. The standard InChI is InChI=1S/C19H21N3O3/c1-14(23)21-11-12-22(19(24)17-5-3-4-10-20-17)18(13-21)15-6-8-16(25-2)9-7-15/h3-10,18H,11-13H2,1-2H3. The van der Waals surface area contributed by atoms with E-state index in [0.717, 1.165) is 11.3 Å². The molecule has 130 valence electrons. The number of carbonyl (C=O) groups excluding carboxylic acids is 2. The van der Waals surface area contributed by atoms with Gasteiger partial charge in [0.1, 0.15) is 11.4 Å². The third kappa shape index (κ3) is 3.63. The van der Waals surface area contributed by atoms with Gasteiger partial charge in [-0.2, -0.15) is 0 Å². The molecule has 0 spiro atoms. The molecule has 2 heterocycles. The van der Waals surface area contributed by atoms with E-state index in [2.05, 4.69) is 4.98 Å². The number of benzene rings is 1. The largest absolute Gasteiger partial charge is 0.497 e. The van der Waals surface area contributed by atoms with Gasteiger partial charge in [0.05, 0.1) is 13.2 Å². The summed E-state index contributed by atoms with van der Waals surface area (Å²) < 4.78 is 5.20. The van der Waals surface area contributed by atoms with Crippen molar-refractivity contribution in [2.45, 2.75) is 13.0 Å². The maximum atomic E-state index is 12.9. The summed E-state index contributed by atoms with van der Waals surface area (Å²) in [6, 6.07) is 12.7. The molecule has 1 fully saturated rings. The summed E-state index contributed by atoms with van der Waals surface area (Å²) in [6.07, 6.45) is 1.61. The van der Waals surface area contributed by atoms with E-state index in [1.165, 1.54) is 0 Å². The van der Waals surface area contributed by atoms with Crippen LogP contribution < -0.4 is 4.74 Å². The quantitative estimate of drug-likeness (QED) is 0.859. The molecular formula is C19H21N3O3. The van der Waals surface area contributed by atoms with Crippen LogP contribution in [0.25, 0.3) is 0 Å².